The van der Waals surface area contributed by atoms with Gasteiger partial charge < -0.3 is 10.2 Å². The predicted molar refractivity (Wildman–Crippen MR) is 82.9 cm³/mol. The molecule has 1 atom stereocenters. The quantitative estimate of drug-likeness (QED) is 0.867. The van der Waals surface area contributed by atoms with Gasteiger partial charge in [0.15, 0.2) is 0 Å². The lowest BCUT2D eigenvalue weighted by Gasteiger charge is -2.24. The molecule has 0 saturated carbocycles. The maximum Gasteiger partial charge on any atom is 0.241 e. The number of halogens is 1. The van der Waals surface area contributed by atoms with Gasteiger partial charge in [0, 0.05) is 18.8 Å². The number of hydrogen-bond acceptors (Lipinski definition) is 3. The third-order valence-electron chi connectivity index (χ3n) is 3.98. The molecule has 0 aromatic heterocycles. The van der Waals surface area contributed by atoms with E-state index in [1.165, 1.54) is 12.1 Å². The van der Waals surface area contributed by atoms with E-state index in [1.807, 2.05) is 14.0 Å². The van der Waals surface area contributed by atoms with Crippen molar-refractivity contribution in [3.63, 3.8) is 0 Å². The first-order chi connectivity index (χ1) is 10.1. The average Bonchev–Trinajstić information content (AvgIpc) is 2.89. The van der Waals surface area contributed by atoms with Crippen molar-refractivity contribution in [2.45, 2.75) is 13.3 Å². The number of rotatable bonds is 6. The summed E-state index contributed by atoms with van der Waals surface area (Å²) in [6.07, 6.45) is 1.14. The second kappa shape index (κ2) is 7.52. The van der Waals surface area contributed by atoms with Gasteiger partial charge in [-0.25, -0.2) is 4.39 Å². The second-order valence-electron chi connectivity index (χ2n) is 5.56. The van der Waals surface area contributed by atoms with Crippen LogP contribution in [0, 0.1) is 11.7 Å². The van der Waals surface area contributed by atoms with Crippen molar-refractivity contribution in [1.29, 1.82) is 0 Å². The summed E-state index contributed by atoms with van der Waals surface area (Å²) in [6, 6.07) is 6.10. The zero-order chi connectivity index (χ0) is 15.2. The SMILES string of the molecule is CCN(C(=O)CN1CCC(CNC)C1)c1ccc(F)cc1. The highest BCUT2D eigenvalue weighted by Crippen LogP contribution is 2.18. The number of anilines is 1. The molecule has 5 heteroatoms. The summed E-state index contributed by atoms with van der Waals surface area (Å²) in [5, 5.41) is 3.19. The first kappa shape index (κ1) is 15.9. The predicted octanol–water partition coefficient (Wildman–Crippen LogP) is 1.72. The maximum atomic E-state index is 13.0. The highest BCUT2D eigenvalue weighted by molar-refractivity contribution is 5.94. The number of amides is 1. The number of carbonyl (C=O) groups excluding carboxylic acids is 1. The van der Waals surface area contributed by atoms with Gasteiger partial charge in [-0.2, -0.15) is 0 Å². The Labute approximate surface area is 125 Å². The van der Waals surface area contributed by atoms with Gasteiger partial charge in [-0.05, 0) is 63.7 Å². The summed E-state index contributed by atoms with van der Waals surface area (Å²) < 4.78 is 13.0. The molecule has 0 aliphatic carbocycles. The molecule has 4 nitrogen and oxygen atoms in total. The van der Waals surface area contributed by atoms with E-state index in [0.717, 1.165) is 31.7 Å². The van der Waals surface area contributed by atoms with E-state index in [0.29, 0.717) is 19.0 Å². The van der Waals surface area contributed by atoms with Gasteiger partial charge in [-0.15, -0.1) is 0 Å². The number of carbonyl (C=O) groups is 1. The fourth-order valence-corrected chi connectivity index (χ4v) is 2.91. The van der Waals surface area contributed by atoms with Crippen LogP contribution in [0.25, 0.3) is 0 Å². The summed E-state index contributed by atoms with van der Waals surface area (Å²) in [6.45, 7) is 5.91. The standard InChI is InChI=1S/C16H24FN3O/c1-3-20(15-6-4-14(17)5-7-15)16(21)12-19-9-8-13(11-19)10-18-2/h4-7,13,18H,3,8-12H2,1-2H3. The highest BCUT2D eigenvalue weighted by Gasteiger charge is 2.25. The zero-order valence-electron chi connectivity index (χ0n) is 12.8. The van der Waals surface area contributed by atoms with Crippen molar-refractivity contribution >= 4 is 11.6 Å². The molecule has 0 spiro atoms. The normalized spacial score (nSPS) is 18.9. The molecule has 0 radical (unpaired) electrons. The minimum atomic E-state index is -0.281. The summed E-state index contributed by atoms with van der Waals surface area (Å²) in [5.74, 6) is 0.426. The van der Waals surface area contributed by atoms with E-state index in [2.05, 4.69) is 10.2 Å². The smallest absolute Gasteiger partial charge is 0.241 e. The topological polar surface area (TPSA) is 35.6 Å². The first-order valence-corrected chi connectivity index (χ1v) is 7.57. The zero-order valence-corrected chi connectivity index (χ0v) is 12.8. The molecule has 1 aliphatic rings. The Kier molecular flexibility index (Phi) is 5.70. The van der Waals surface area contributed by atoms with Crippen LogP contribution in [0.4, 0.5) is 10.1 Å². The molecule has 1 saturated heterocycles. The third-order valence-corrected chi connectivity index (χ3v) is 3.98. The molecule has 2 rings (SSSR count). The largest absolute Gasteiger partial charge is 0.319 e. The molecular weight excluding hydrogens is 269 g/mol. The number of nitrogens with one attached hydrogen (secondary N) is 1. The molecule has 1 fully saturated rings. The van der Waals surface area contributed by atoms with Gasteiger partial charge in [0.1, 0.15) is 5.82 Å². The fourth-order valence-electron chi connectivity index (χ4n) is 2.91. The summed E-state index contributed by atoms with van der Waals surface area (Å²) in [5.41, 5.74) is 0.759. The molecular formula is C16H24FN3O. The fraction of sp³-hybridized carbons (Fsp3) is 0.562. The number of benzene rings is 1. The van der Waals surface area contributed by atoms with Gasteiger partial charge >= 0.3 is 0 Å². The first-order valence-electron chi connectivity index (χ1n) is 7.57. The van der Waals surface area contributed by atoms with Gasteiger partial charge in [-0.1, -0.05) is 0 Å². The van der Waals surface area contributed by atoms with E-state index in [-0.39, 0.29) is 11.7 Å². The number of nitrogens with zero attached hydrogens (tertiary/aromatic N) is 2. The Balaban J connectivity index is 1.93. The monoisotopic (exact) mass is 293 g/mol. The Bertz CT molecular complexity index is 463. The van der Waals surface area contributed by atoms with Crippen molar-refractivity contribution in [2.24, 2.45) is 5.92 Å². The van der Waals surface area contributed by atoms with E-state index < -0.39 is 0 Å². The lowest BCUT2D eigenvalue weighted by atomic mass is 10.1. The van der Waals surface area contributed by atoms with E-state index in [4.69, 9.17) is 0 Å². The molecule has 21 heavy (non-hydrogen) atoms. The van der Waals surface area contributed by atoms with Crippen LogP contribution in [0.5, 0.6) is 0 Å². The van der Waals surface area contributed by atoms with E-state index in [1.54, 1.807) is 17.0 Å². The van der Waals surface area contributed by atoms with Crippen LogP contribution in [0.2, 0.25) is 0 Å². The Morgan fingerprint density at radius 1 is 1.43 bits per heavy atom. The third kappa shape index (κ3) is 4.25. The molecule has 1 aromatic rings. The van der Waals surface area contributed by atoms with E-state index in [9.17, 15) is 9.18 Å². The highest BCUT2D eigenvalue weighted by atomic mass is 19.1. The summed E-state index contributed by atoms with van der Waals surface area (Å²) in [7, 11) is 1.96. The number of hydrogen-bond donors (Lipinski definition) is 1. The molecule has 1 heterocycles. The molecule has 116 valence electrons. The van der Waals surface area contributed by atoms with Crippen molar-refractivity contribution < 1.29 is 9.18 Å². The Morgan fingerprint density at radius 3 is 2.76 bits per heavy atom. The molecule has 1 aromatic carbocycles. The molecule has 1 unspecified atom stereocenters. The van der Waals surface area contributed by atoms with Crippen molar-refractivity contribution in [3.8, 4) is 0 Å². The van der Waals surface area contributed by atoms with Gasteiger partial charge in [0.2, 0.25) is 5.91 Å². The molecule has 1 N–H and O–H groups in total. The second-order valence-corrected chi connectivity index (χ2v) is 5.56. The van der Waals surface area contributed by atoms with Crippen LogP contribution in [-0.2, 0) is 4.79 Å². The van der Waals surface area contributed by atoms with Gasteiger partial charge in [0.05, 0.1) is 6.54 Å². The average molecular weight is 293 g/mol. The Morgan fingerprint density at radius 2 is 2.14 bits per heavy atom. The van der Waals surface area contributed by atoms with Crippen molar-refractivity contribution in [3.05, 3.63) is 30.1 Å². The molecule has 1 aliphatic heterocycles. The summed E-state index contributed by atoms with van der Waals surface area (Å²) >= 11 is 0. The summed E-state index contributed by atoms with van der Waals surface area (Å²) in [4.78, 5) is 16.4. The van der Waals surface area contributed by atoms with Crippen LogP contribution in [-0.4, -0.2) is 50.6 Å². The lowest BCUT2D eigenvalue weighted by Crippen LogP contribution is -2.40. The molecule has 1 amide bonds. The maximum absolute atomic E-state index is 13.0. The van der Waals surface area contributed by atoms with Gasteiger partial charge in [-0.3, -0.25) is 9.69 Å². The van der Waals surface area contributed by atoms with Crippen molar-refractivity contribution in [1.82, 2.24) is 10.2 Å². The Hall–Kier alpha value is -1.46. The number of likely N-dealkylation sites (tertiary alicyclic amines) is 1. The lowest BCUT2D eigenvalue weighted by molar-refractivity contribution is -0.119. The van der Waals surface area contributed by atoms with Crippen LogP contribution in [0.1, 0.15) is 13.3 Å². The minimum absolute atomic E-state index is 0.0780. The van der Waals surface area contributed by atoms with Gasteiger partial charge in [0.25, 0.3) is 0 Å². The van der Waals surface area contributed by atoms with Crippen LogP contribution in [0.3, 0.4) is 0 Å². The van der Waals surface area contributed by atoms with E-state index >= 15 is 0 Å². The number of likely N-dealkylation sites (N-methyl/N-ethyl adjacent to an activating group) is 1. The van der Waals surface area contributed by atoms with Crippen LogP contribution < -0.4 is 10.2 Å². The minimum Gasteiger partial charge on any atom is -0.319 e. The van der Waals surface area contributed by atoms with Crippen LogP contribution in [0.15, 0.2) is 24.3 Å². The van der Waals surface area contributed by atoms with Crippen molar-refractivity contribution in [2.75, 3.05) is 44.7 Å². The van der Waals surface area contributed by atoms with Crippen LogP contribution >= 0.6 is 0 Å². The molecule has 0 bridgehead atoms.